The van der Waals surface area contributed by atoms with Gasteiger partial charge in [0, 0.05) is 12.3 Å². The van der Waals surface area contributed by atoms with Crippen molar-refractivity contribution in [3.8, 4) is 0 Å². The Kier molecular flexibility index (Phi) is 3.69. The maximum absolute atomic E-state index is 11.9. The summed E-state index contributed by atoms with van der Waals surface area (Å²) in [5.41, 5.74) is 1.53. The second-order valence-corrected chi connectivity index (χ2v) is 8.38. The number of imidazole rings is 1. The molecule has 1 unspecified atom stereocenters. The fraction of sp³-hybridized carbons (Fsp3) is 0.533. The van der Waals surface area contributed by atoms with Crippen molar-refractivity contribution in [1.29, 1.82) is 0 Å². The molecule has 114 valence electrons. The largest absolute Gasteiger partial charge is 0.329 e. The second kappa shape index (κ2) is 5.25. The number of nitrogens with zero attached hydrogens (tertiary/aromatic N) is 1. The molecular formula is C15H20N2O2S2. The van der Waals surface area contributed by atoms with Crippen LogP contribution in [0, 0.1) is 10.7 Å². The maximum Gasteiger partial charge on any atom is 0.178 e. The van der Waals surface area contributed by atoms with E-state index in [1.807, 2.05) is 6.07 Å². The maximum atomic E-state index is 11.9. The van der Waals surface area contributed by atoms with Crippen molar-refractivity contribution in [2.24, 2.45) is 5.92 Å². The summed E-state index contributed by atoms with van der Waals surface area (Å²) in [5, 5.41) is 0. The number of hydrogen-bond acceptors (Lipinski definition) is 3. The Balaban J connectivity index is 2.21. The lowest BCUT2D eigenvalue weighted by Crippen LogP contribution is -2.14. The Morgan fingerprint density at radius 3 is 2.62 bits per heavy atom. The van der Waals surface area contributed by atoms with Gasteiger partial charge in [-0.15, -0.1) is 0 Å². The first-order chi connectivity index (χ1) is 9.89. The van der Waals surface area contributed by atoms with Crippen LogP contribution in [0.4, 0.5) is 0 Å². The Hall–Kier alpha value is -1.14. The average molecular weight is 324 g/mol. The highest BCUT2D eigenvalue weighted by atomic mass is 32.2. The number of rotatable bonds is 3. The van der Waals surface area contributed by atoms with Gasteiger partial charge >= 0.3 is 0 Å². The van der Waals surface area contributed by atoms with E-state index in [4.69, 9.17) is 12.2 Å². The van der Waals surface area contributed by atoms with Crippen molar-refractivity contribution in [1.82, 2.24) is 9.55 Å². The Morgan fingerprint density at radius 2 is 2.00 bits per heavy atom. The molecule has 4 nitrogen and oxygen atoms in total. The molecule has 0 radical (unpaired) electrons. The summed E-state index contributed by atoms with van der Waals surface area (Å²) in [5.74, 6) is 0.623. The number of para-hydroxylation sites is 1. The lowest BCUT2D eigenvalue weighted by Gasteiger charge is -2.21. The van der Waals surface area contributed by atoms with Gasteiger partial charge in [0.2, 0.25) is 0 Å². The molecule has 0 spiro atoms. The predicted molar refractivity (Wildman–Crippen MR) is 86.9 cm³/mol. The molecule has 3 rings (SSSR count). The van der Waals surface area contributed by atoms with Crippen molar-refractivity contribution in [2.75, 3.05) is 6.26 Å². The summed E-state index contributed by atoms with van der Waals surface area (Å²) in [6.45, 7) is 2.19. The monoisotopic (exact) mass is 324 g/mol. The van der Waals surface area contributed by atoms with Crippen molar-refractivity contribution in [3.05, 3.63) is 23.0 Å². The minimum Gasteiger partial charge on any atom is -0.329 e. The van der Waals surface area contributed by atoms with Crippen molar-refractivity contribution in [3.63, 3.8) is 0 Å². The molecule has 1 aromatic heterocycles. The first-order valence-corrected chi connectivity index (χ1v) is 9.63. The van der Waals surface area contributed by atoms with Crippen LogP contribution >= 0.6 is 12.2 Å². The van der Waals surface area contributed by atoms with Crippen LogP contribution in [0.25, 0.3) is 11.0 Å². The summed E-state index contributed by atoms with van der Waals surface area (Å²) in [7, 11) is -3.27. The molecule has 2 aromatic rings. The fourth-order valence-corrected chi connectivity index (χ4v) is 4.71. The molecule has 1 heterocycles. The van der Waals surface area contributed by atoms with Gasteiger partial charge in [-0.25, -0.2) is 8.42 Å². The summed E-state index contributed by atoms with van der Waals surface area (Å²) >= 11 is 5.46. The first kappa shape index (κ1) is 14.8. The highest BCUT2D eigenvalue weighted by molar-refractivity contribution is 7.91. The molecule has 1 N–H and O–H groups in total. The number of sulfone groups is 1. The molecule has 1 atom stereocenters. The van der Waals surface area contributed by atoms with E-state index in [0.717, 1.165) is 5.52 Å². The van der Waals surface area contributed by atoms with E-state index in [0.29, 0.717) is 27.1 Å². The number of nitrogens with one attached hydrogen (secondary N) is 1. The quantitative estimate of drug-likeness (QED) is 0.872. The highest BCUT2D eigenvalue weighted by Crippen LogP contribution is 2.36. The molecule has 1 aliphatic carbocycles. The van der Waals surface area contributed by atoms with Gasteiger partial charge in [0.15, 0.2) is 14.6 Å². The third-order valence-electron chi connectivity index (χ3n) is 4.60. The number of aromatic nitrogens is 2. The summed E-state index contributed by atoms with van der Waals surface area (Å²) in [6, 6.07) is 5.66. The molecule has 0 aliphatic heterocycles. The van der Waals surface area contributed by atoms with Crippen molar-refractivity contribution >= 4 is 33.1 Å². The van der Waals surface area contributed by atoms with E-state index in [1.165, 1.54) is 31.9 Å². The van der Waals surface area contributed by atoms with Gasteiger partial charge in [-0.05, 0) is 50.0 Å². The molecule has 1 aromatic carbocycles. The zero-order chi connectivity index (χ0) is 15.2. The topological polar surface area (TPSA) is 54.9 Å². The van der Waals surface area contributed by atoms with Crippen LogP contribution in [0.2, 0.25) is 0 Å². The van der Waals surface area contributed by atoms with Gasteiger partial charge in [-0.1, -0.05) is 18.9 Å². The predicted octanol–water partition coefficient (Wildman–Crippen LogP) is 3.85. The van der Waals surface area contributed by atoms with Gasteiger partial charge in [0.25, 0.3) is 0 Å². The molecule has 1 aliphatic rings. The lowest BCUT2D eigenvalue weighted by atomic mass is 9.99. The summed E-state index contributed by atoms with van der Waals surface area (Å²) in [4.78, 5) is 3.43. The van der Waals surface area contributed by atoms with Crippen LogP contribution in [0.5, 0.6) is 0 Å². The lowest BCUT2D eigenvalue weighted by molar-refractivity contribution is 0.365. The first-order valence-electron chi connectivity index (χ1n) is 7.33. The van der Waals surface area contributed by atoms with E-state index >= 15 is 0 Å². The smallest absolute Gasteiger partial charge is 0.178 e. The van der Waals surface area contributed by atoms with Crippen molar-refractivity contribution in [2.45, 2.75) is 43.5 Å². The van der Waals surface area contributed by atoms with Gasteiger partial charge in [0.05, 0.1) is 15.9 Å². The second-order valence-electron chi connectivity index (χ2n) is 6.01. The number of fused-ring (bicyclic) bond motifs is 1. The number of aromatic amines is 1. The molecule has 0 bridgehead atoms. The minimum absolute atomic E-state index is 0.295. The zero-order valence-electron chi connectivity index (χ0n) is 12.3. The standard InChI is InChI=1S/C15H20N2O2S2/c1-10(11-6-3-4-7-11)17-12-8-5-9-13(21(2,18)19)14(12)16-15(17)20/h5,8-11H,3-4,6-7H2,1-2H3,(H,16,20). The van der Waals surface area contributed by atoms with Crippen LogP contribution in [-0.4, -0.2) is 24.2 Å². The summed E-state index contributed by atoms with van der Waals surface area (Å²) in [6.07, 6.45) is 6.23. The van der Waals surface area contributed by atoms with Crippen LogP contribution < -0.4 is 0 Å². The third-order valence-corrected chi connectivity index (χ3v) is 6.04. The average Bonchev–Trinajstić information content (AvgIpc) is 3.02. The van der Waals surface area contributed by atoms with E-state index in [-0.39, 0.29) is 0 Å². The van der Waals surface area contributed by atoms with E-state index < -0.39 is 9.84 Å². The Bertz CT molecular complexity index is 827. The zero-order valence-corrected chi connectivity index (χ0v) is 13.9. The molecule has 0 saturated heterocycles. The summed E-state index contributed by atoms with van der Waals surface area (Å²) < 4.78 is 26.6. The van der Waals surface area contributed by atoms with Crippen LogP contribution in [0.3, 0.4) is 0 Å². The Morgan fingerprint density at radius 1 is 1.33 bits per heavy atom. The Labute approximate surface area is 130 Å². The minimum atomic E-state index is -3.27. The fourth-order valence-electron chi connectivity index (χ4n) is 3.49. The number of hydrogen-bond donors (Lipinski definition) is 1. The van der Waals surface area contributed by atoms with Crippen molar-refractivity contribution < 1.29 is 8.42 Å². The van der Waals surface area contributed by atoms with Crippen LogP contribution in [-0.2, 0) is 9.84 Å². The number of H-pyrrole nitrogens is 1. The van der Waals surface area contributed by atoms with Gasteiger partial charge in [0.1, 0.15) is 0 Å². The molecular weight excluding hydrogens is 304 g/mol. The van der Waals surface area contributed by atoms with Gasteiger partial charge in [-0.2, -0.15) is 0 Å². The number of benzene rings is 1. The van der Waals surface area contributed by atoms with Crippen LogP contribution in [0.15, 0.2) is 23.1 Å². The van der Waals surface area contributed by atoms with Gasteiger partial charge in [-0.3, -0.25) is 0 Å². The molecule has 1 fully saturated rings. The van der Waals surface area contributed by atoms with Gasteiger partial charge < -0.3 is 9.55 Å². The molecule has 21 heavy (non-hydrogen) atoms. The molecule has 1 saturated carbocycles. The SMILES string of the molecule is CC(C1CCCC1)n1c(=S)[nH]c2c(S(C)(=O)=O)cccc21. The molecule has 6 heteroatoms. The molecule has 0 amide bonds. The highest BCUT2D eigenvalue weighted by Gasteiger charge is 2.25. The van der Waals surface area contributed by atoms with E-state index in [9.17, 15) is 8.42 Å². The van der Waals surface area contributed by atoms with E-state index in [1.54, 1.807) is 12.1 Å². The third kappa shape index (κ3) is 2.55. The normalized spacial score (nSPS) is 18.4. The van der Waals surface area contributed by atoms with E-state index in [2.05, 4.69) is 16.5 Å². The van der Waals surface area contributed by atoms with Crippen LogP contribution in [0.1, 0.15) is 38.6 Å².